The van der Waals surface area contributed by atoms with Gasteiger partial charge in [0, 0.05) is 30.8 Å². The molecule has 0 bridgehead atoms. The van der Waals surface area contributed by atoms with Crippen LogP contribution in [-0.4, -0.2) is 42.0 Å². The molecule has 0 atom stereocenters. The van der Waals surface area contributed by atoms with Crippen LogP contribution in [0.3, 0.4) is 0 Å². The van der Waals surface area contributed by atoms with Gasteiger partial charge in [-0.3, -0.25) is 9.59 Å². The zero-order valence-corrected chi connectivity index (χ0v) is 13.0. The first kappa shape index (κ1) is 16.5. The fourth-order valence-electron chi connectivity index (χ4n) is 2.81. The fourth-order valence-corrected chi connectivity index (χ4v) is 2.81. The maximum absolute atomic E-state index is 12.2. The fraction of sp³-hybridized carbons (Fsp3) is 0.529. The molecule has 5 heteroatoms. The van der Waals surface area contributed by atoms with Crippen molar-refractivity contribution in [1.29, 1.82) is 0 Å². The lowest BCUT2D eigenvalue weighted by atomic mass is 9.88. The van der Waals surface area contributed by atoms with Gasteiger partial charge in [0.2, 0.25) is 5.91 Å². The molecule has 2 rings (SSSR count). The molecule has 1 aromatic carbocycles. The van der Waals surface area contributed by atoms with E-state index in [4.69, 9.17) is 5.11 Å². The zero-order valence-electron chi connectivity index (χ0n) is 13.0. The molecule has 0 aliphatic heterocycles. The average molecular weight is 304 g/mol. The van der Waals surface area contributed by atoms with Crippen LogP contribution < -0.4 is 5.32 Å². The number of amides is 2. The number of anilines is 1. The third-order valence-electron chi connectivity index (χ3n) is 4.14. The van der Waals surface area contributed by atoms with E-state index in [0.717, 1.165) is 25.7 Å². The second-order valence-electron chi connectivity index (χ2n) is 5.86. The van der Waals surface area contributed by atoms with Crippen molar-refractivity contribution < 1.29 is 14.7 Å². The van der Waals surface area contributed by atoms with E-state index in [0.29, 0.717) is 11.3 Å². The van der Waals surface area contributed by atoms with Crippen molar-refractivity contribution in [2.75, 3.05) is 25.5 Å². The summed E-state index contributed by atoms with van der Waals surface area (Å²) in [5.74, 6) is -0.0269. The molecule has 5 nitrogen and oxygen atoms in total. The van der Waals surface area contributed by atoms with Crippen LogP contribution in [-0.2, 0) is 4.79 Å². The molecule has 1 saturated carbocycles. The Bertz CT molecular complexity index is 524. The molecule has 0 unspecified atom stereocenters. The summed E-state index contributed by atoms with van der Waals surface area (Å²) in [6, 6.07) is 6.96. The molecule has 1 aliphatic carbocycles. The summed E-state index contributed by atoms with van der Waals surface area (Å²) in [6.45, 7) is 0.220. The molecule has 2 N–H and O–H groups in total. The van der Waals surface area contributed by atoms with Crippen LogP contribution in [0.25, 0.3) is 0 Å². The van der Waals surface area contributed by atoms with Crippen molar-refractivity contribution in [2.24, 2.45) is 5.92 Å². The minimum Gasteiger partial charge on any atom is -0.395 e. The largest absolute Gasteiger partial charge is 0.395 e. The van der Waals surface area contributed by atoms with Gasteiger partial charge in [0.05, 0.1) is 6.61 Å². The minimum absolute atomic E-state index is 0.0491. The van der Waals surface area contributed by atoms with Crippen LogP contribution in [0.4, 0.5) is 5.69 Å². The molecule has 1 aliphatic rings. The Hall–Kier alpha value is -1.88. The third-order valence-corrected chi connectivity index (χ3v) is 4.14. The molecule has 0 saturated heterocycles. The molecule has 0 heterocycles. The second-order valence-corrected chi connectivity index (χ2v) is 5.86. The van der Waals surface area contributed by atoms with Gasteiger partial charge < -0.3 is 15.3 Å². The lowest BCUT2D eigenvalue weighted by molar-refractivity contribution is -0.120. The van der Waals surface area contributed by atoms with Gasteiger partial charge in [0.1, 0.15) is 0 Å². The first-order valence-corrected chi connectivity index (χ1v) is 7.89. The monoisotopic (exact) mass is 304 g/mol. The van der Waals surface area contributed by atoms with E-state index in [1.54, 1.807) is 31.3 Å². The average Bonchev–Trinajstić information content (AvgIpc) is 2.55. The molecule has 0 spiro atoms. The van der Waals surface area contributed by atoms with Gasteiger partial charge in [-0.1, -0.05) is 25.3 Å². The normalized spacial score (nSPS) is 15.4. The topological polar surface area (TPSA) is 69.6 Å². The number of aliphatic hydroxyl groups is 1. The highest BCUT2D eigenvalue weighted by Crippen LogP contribution is 2.25. The number of aliphatic hydroxyl groups excluding tert-OH is 1. The van der Waals surface area contributed by atoms with Crippen LogP contribution in [0, 0.1) is 5.92 Å². The molecule has 120 valence electrons. The standard InChI is InChI=1S/C17H24N2O3/c1-19(10-11-20)17(22)14-8-5-9-15(12-14)18-16(21)13-6-3-2-4-7-13/h5,8-9,12-13,20H,2-4,6-7,10-11H2,1H3,(H,18,21). The number of hydrogen-bond acceptors (Lipinski definition) is 3. The predicted octanol–water partition coefficient (Wildman–Crippen LogP) is 2.27. The molecule has 2 amide bonds. The summed E-state index contributed by atoms with van der Waals surface area (Å²) >= 11 is 0. The first-order valence-electron chi connectivity index (χ1n) is 7.89. The van der Waals surface area contributed by atoms with Crippen LogP contribution in [0.15, 0.2) is 24.3 Å². The smallest absolute Gasteiger partial charge is 0.253 e. The van der Waals surface area contributed by atoms with Gasteiger partial charge in [-0.25, -0.2) is 0 Å². The van der Waals surface area contributed by atoms with Crippen LogP contribution in [0.1, 0.15) is 42.5 Å². The number of carbonyl (C=O) groups is 2. The van der Waals surface area contributed by atoms with Crippen molar-refractivity contribution in [3.05, 3.63) is 29.8 Å². The zero-order chi connectivity index (χ0) is 15.9. The highest BCUT2D eigenvalue weighted by molar-refractivity contribution is 5.97. The Kier molecular flexibility index (Phi) is 5.95. The van der Waals surface area contributed by atoms with Gasteiger partial charge in [0.15, 0.2) is 0 Å². The Morgan fingerprint density at radius 2 is 2.00 bits per heavy atom. The molecular formula is C17H24N2O3. The van der Waals surface area contributed by atoms with E-state index >= 15 is 0 Å². The van der Waals surface area contributed by atoms with Crippen molar-refractivity contribution in [2.45, 2.75) is 32.1 Å². The van der Waals surface area contributed by atoms with Crippen LogP contribution in [0.2, 0.25) is 0 Å². The van der Waals surface area contributed by atoms with Gasteiger partial charge in [-0.15, -0.1) is 0 Å². The van der Waals surface area contributed by atoms with E-state index in [1.165, 1.54) is 11.3 Å². The Balaban J connectivity index is 2.01. The summed E-state index contributed by atoms with van der Waals surface area (Å²) in [4.78, 5) is 25.9. The molecule has 1 aromatic rings. The number of benzene rings is 1. The van der Waals surface area contributed by atoms with Crippen molar-refractivity contribution in [1.82, 2.24) is 4.90 Å². The van der Waals surface area contributed by atoms with Gasteiger partial charge in [0.25, 0.3) is 5.91 Å². The molecule has 0 aromatic heterocycles. The third kappa shape index (κ3) is 4.31. The van der Waals surface area contributed by atoms with Crippen molar-refractivity contribution in [3.8, 4) is 0 Å². The van der Waals surface area contributed by atoms with Gasteiger partial charge in [-0.05, 0) is 31.0 Å². The Labute approximate surface area is 131 Å². The van der Waals surface area contributed by atoms with Crippen LogP contribution >= 0.6 is 0 Å². The number of nitrogens with zero attached hydrogens (tertiary/aromatic N) is 1. The molecule has 22 heavy (non-hydrogen) atoms. The molecule has 0 radical (unpaired) electrons. The quantitative estimate of drug-likeness (QED) is 0.876. The second kappa shape index (κ2) is 7.94. The maximum Gasteiger partial charge on any atom is 0.253 e. The van der Waals surface area contributed by atoms with E-state index in [2.05, 4.69) is 5.32 Å². The van der Waals surface area contributed by atoms with E-state index < -0.39 is 0 Å². The number of likely N-dealkylation sites (N-methyl/N-ethyl adjacent to an activating group) is 1. The minimum atomic E-state index is -0.164. The Morgan fingerprint density at radius 1 is 1.27 bits per heavy atom. The van der Waals surface area contributed by atoms with Gasteiger partial charge in [-0.2, -0.15) is 0 Å². The summed E-state index contributed by atoms with van der Waals surface area (Å²) in [5, 5.41) is 11.8. The first-order chi connectivity index (χ1) is 10.6. The van der Waals surface area contributed by atoms with Crippen LogP contribution in [0.5, 0.6) is 0 Å². The predicted molar refractivity (Wildman–Crippen MR) is 85.7 cm³/mol. The number of nitrogens with one attached hydrogen (secondary N) is 1. The highest BCUT2D eigenvalue weighted by Gasteiger charge is 2.21. The Morgan fingerprint density at radius 3 is 2.68 bits per heavy atom. The lowest BCUT2D eigenvalue weighted by Gasteiger charge is -2.21. The summed E-state index contributed by atoms with van der Waals surface area (Å²) in [7, 11) is 1.64. The summed E-state index contributed by atoms with van der Waals surface area (Å²) < 4.78 is 0. The SMILES string of the molecule is CN(CCO)C(=O)c1cccc(NC(=O)C2CCCCC2)c1. The maximum atomic E-state index is 12.2. The molecular weight excluding hydrogens is 280 g/mol. The number of carbonyl (C=O) groups excluding carboxylic acids is 2. The number of hydrogen-bond donors (Lipinski definition) is 2. The summed E-state index contributed by atoms with van der Waals surface area (Å²) in [6.07, 6.45) is 5.34. The number of rotatable bonds is 5. The summed E-state index contributed by atoms with van der Waals surface area (Å²) in [5.41, 5.74) is 1.16. The van der Waals surface area contributed by atoms with E-state index in [-0.39, 0.29) is 30.9 Å². The highest BCUT2D eigenvalue weighted by atomic mass is 16.3. The lowest BCUT2D eigenvalue weighted by Crippen LogP contribution is -2.29. The van der Waals surface area contributed by atoms with Crippen molar-refractivity contribution >= 4 is 17.5 Å². The van der Waals surface area contributed by atoms with E-state index in [1.807, 2.05) is 0 Å². The van der Waals surface area contributed by atoms with Crippen molar-refractivity contribution in [3.63, 3.8) is 0 Å². The van der Waals surface area contributed by atoms with Gasteiger partial charge >= 0.3 is 0 Å². The van der Waals surface area contributed by atoms with E-state index in [9.17, 15) is 9.59 Å². The molecule has 1 fully saturated rings.